The van der Waals surface area contributed by atoms with Crippen molar-refractivity contribution in [3.8, 4) is 11.5 Å². The highest BCUT2D eigenvalue weighted by Crippen LogP contribution is 2.25. The van der Waals surface area contributed by atoms with Gasteiger partial charge in [0.15, 0.2) is 5.11 Å². The molecule has 28 heavy (non-hydrogen) atoms. The number of methoxy groups -OCH3 is 1. The Morgan fingerprint density at radius 2 is 1.89 bits per heavy atom. The summed E-state index contributed by atoms with van der Waals surface area (Å²) in [5.74, 6) is 0.840. The van der Waals surface area contributed by atoms with Crippen LogP contribution in [0.1, 0.15) is 43.0 Å². The highest BCUT2D eigenvalue weighted by Gasteiger charge is 2.15. The molecule has 7 heteroatoms. The minimum Gasteiger partial charge on any atom is -0.495 e. The Hall–Kier alpha value is -2.12. The monoisotopic (exact) mass is 464 g/mol. The van der Waals surface area contributed by atoms with E-state index in [1.165, 1.54) is 12.8 Å². The van der Waals surface area contributed by atoms with E-state index in [0.717, 1.165) is 17.3 Å². The van der Waals surface area contributed by atoms with Crippen LogP contribution in [0.4, 0.5) is 5.69 Å². The number of benzene rings is 2. The number of thiocarbonyl (C=S) groups is 1. The van der Waals surface area contributed by atoms with Gasteiger partial charge in [-0.25, -0.2) is 0 Å². The maximum Gasteiger partial charge on any atom is 0.261 e. The Morgan fingerprint density at radius 3 is 2.64 bits per heavy atom. The van der Waals surface area contributed by atoms with Gasteiger partial charge < -0.3 is 14.8 Å². The van der Waals surface area contributed by atoms with Crippen molar-refractivity contribution in [3.05, 3.63) is 52.5 Å². The number of hydrogen-bond donors (Lipinski definition) is 2. The molecule has 0 heterocycles. The maximum absolute atomic E-state index is 12.7. The third-order valence-corrected chi connectivity index (χ3v) is 4.72. The molecule has 0 aliphatic rings. The quantitative estimate of drug-likeness (QED) is 0.376. The van der Waals surface area contributed by atoms with Crippen LogP contribution >= 0.6 is 28.1 Å². The first-order chi connectivity index (χ1) is 13.5. The number of carbonyl (C=O) groups excluding carboxylic acids is 1. The summed E-state index contributed by atoms with van der Waals surface area (Å²) >= 11 is 8.69. The van der Waals surface area contributed by atoms with Gasteiger partial charge >= 0.3 is 0 Å². The van der Waals surface area contributed by atoms with Crippen molar-refractivity contribution in [3.63, 3.8) is 0 Å². The van der Waals surface area contributed by atoms with E-state index in [0.29, 0.717) is 29.4 Å². The van der Waals surface area contributed by atoms with E-state index in [-0.39, 0.29) is 11.0 Å². The minimum atomic E-state index is -0.336. The molecule has 0 fully saturated rings. The van der Waals surface area contributed by atoms with Gasteiger partial charge in [-0.1, -0.05) is 54.2 Å². The molecule has 1 amide bonds. The highest BCUT2D eigenvalue weighted by molar-refractivity contribution is 9.10. The van der Waals surface area contributed by atoms with E-state index >= 15 is 0 Å². The molecule has 0 atom stereocenters. The smallest absolute Gasteiger partial charge is 0.261 e. The number of ether oxygens (including phenoxy) is 2. The molecule has 0 saturated heterocycles. The molecule has 0 aromatic heterocycles. The number of unbranched alkanes of at least 4 members (excludes halogenated alkanes) is 3. The molecule has 5 nitrogen and oxygen atoms in total. The molecular weight excluding hydrogens is 440 g/mol. The lowest BCUT2D eigenvalue weighted by molar-refractivity contribution is 0.0973. The standard InChI is InChI=1S/C21H25BrN2O3S/c1-3-4-5-8-13-27-18-12-11-15(22)14-16(18)20(25)24-21(28)23-17-9-6-7-10-19(17)26-2/h6-7,9-12,14H,3-5,8,13H2,1-2H3,(H2,23,24,25,28). The molecule has 0 radical (unpaired) electrons. The van der Waals surface area contributed by atoms with Crippen molar-refractivity contribution >= 4 is 44.9 Å². The molecule has 150 valence electrons. The molecule has 0 aliphatic heterocycles. The predicted molar refractivity (Wildman–Crippen MR) is 120 cm³/mol. The van der Waals surface area contributed by atoms with Crippen molar-refractivity contribution in [2.45, 2.75) is 32.6 Å². The average molecular weight is 465 g/mol. The lowest BCUT2D eigenvalue weighted by atomic mass is 10.2. The molecule has 0 unspecified atom stereocenters. The molecule has 0 aliphatic carbocycles. The number of halogens is 1. The summed E-state index contributed by atoms with van der Waals surface area (Å²) in [7, 11) is 1.58. The normalized spacial score (nSPS) is 10.2. The summed E-state index contributed by atoms with van der Waals surface area (Å²) in [6.45, 7) is 2.74. The fourth-order valence-corrected chi connectivity index (χ4v) is 3.15. The average Bonchev–Trinajstić information content (AvgIpc) is 2.69. The van der Waals surface area contributed by atoms with Crippen LogP contribution in [0.5, 0.6) is 11.5 Å². The van der Waals surface area contributed by atoms with Crippen LogP contribution in [-0.2, 0) is 0 Å². The summed E-state index contributed by atoms with van der Waals surface area (Å²) in [5.41, 5.74) is 1.10. The van der Waals surface area contributed by atoms with Gasteiger partial charge in [-0.15, -0.1) is 0 Å². The van der Waals surface area contributed by atoms with Crippen LogP contribution < -0.4 is 20.1 Å². The van der Waals surface area contributed by atoms with Crippen LogP contribution in [0, 0.1) is 0 Å². The second-order valence-corrected chi connectivity index (χ2v) is 7.48. The zero-order chi connectivity index (χ0) is 20.4. The van der Waals surface area contributed by atoms with Crippen LogP contribution in [-0.4, -0.2) is 24.7 Å². The van der Waals surface area contributed by atoms with E-state index in [1.807, 2.05) is 30.3 Å². The summed E-state index contributed by atoms with van der Waals surface area (Å²) in [4.78, 5) is 12.7. The first-order valence-corrected chi connectivity index (χ1v) is 10.4. The lowest BCUT2D eigenvalue weighted by Crippen LogP contribution is -2.34. The SMILES string of the molecule is CCCCCCOc1ccc(Br)cc1C(=O)NC(=S)Nc1ccccc1OC. The molecule has 0 saturated carbocycles. The van der Waals surface area contributed by atoms with Crippen LogP contribution in [0.3, 0.4) is 0 Å². The molecule has 2 rings (SSSR count). The first-order valence-electron chi connectivity index (χ1n) is 9.22. The molecule has 2 aromatic rings. The minimum absolute atomic E-state index is 0.184. The summed E-state index contributed by atoms with van der Waals surface area (Å²) < 4.78 is 11.9. The number of carbonyl (C=O) groups is 1. The molecule has 2 N–H and O–H groups in total. The van der Waals surface area contributed by atoms with Crippen molar-refractivity contribution in [1.82, 2.24) is 5.32 Å². The van der Waals surface area contributed by atoms with Crippen LogP contribution in [0.25, 0.3) is 0 Å². The Balaban J connectivity index is 2.02. The van der Waals surface area contributed by atoms with Gasteiger partial charge in [0.1, 0.15) is 11.5 Å². The van der Waals surface area contributed by atoms with Crippen molar-refractivity contribution in [2.75, 3.05) is 19.0 Å². The van der Waals surface area contributed by atoms with Gasteiger partial charge in [-0.2, -0.15) is 0 Å². The van der Waals surface area contributed by atoms with E-state index in [1.54, 1.807) is 19.2 Å². The third kappa shape index (κ3) is 6.80. The Morgan fingerprint density at radius 1 is 1.11 bits per heavy atom. The van der Waals surface area contributed by atoms with Gasteiger partial charge in [0, 0.05) is 4.47 Å². The topological polar surface area (TPSA) is 59.6 Å². The Labute approximate surface area is 179 Å². The van der Waals surface area contributed by atoms with E-state index in [4.69, 9.17) is 21.7 Å². The number of para-hydroxylation sites is 2. The molecule has 2 aromatic carbocycles. The summed E-state index contributed by atoms with van der Waals surface area (Å²) in [6, 6.07) is 12.7. The predicted octanol–water partition coefficient (Wildman–Crippen LogP) is 5.54. The number of nitrogens with one attached hydrogen (secondary N) is 2. The largest absolute Gasteiger partial charge is 0.495 e. The maximum atomic E-state index is 12.7. The van der Waals surface area contributed by atoms with Crippen molar-refractivity contribution in [1.29, 1.82) is 0 Å². The van der Waals surface area contributed by atoms with E-state index in [9.17, 15) is 4.79 Å². The fraction of sp³-hybridized carbons (Fsp3) is 0.333. The van der Waals surface area contributed by atoms with Gasteiger partial charge in [0.05, 0.1) is 25.0 Å². The molecule has 0 bridgehead atoms. The molecule has 0 spiro atoms. The van der Waals surface area contributed by atoms with Crippen LogP contribution in [0.2, 0.25) is 0 Å². The molecular formula is C21H25BrN2O3S. The second-order valence-electron chi connectivity index (χ2n) is 6.16. The number of anilines is 1. The van der Waals surface area contributed by atoms with Crippen molar-refractivity contribution < 1.29 is 14.3 Å². The van der Waals surface area contributed by atoms with Crippen molar-refractivity contribution in [2.24, 2.45) is 0 Å². The summed E-state index contributed by atoms with van der Waals surface area (Å²) in [5, 5.41) is 5.87. The lowest BCUT2D eigenvalue weighted by Gasteiger charge is -2.14. The van der Waals surface area contributed by atoms with Crippen LogP contribution in [0.15, 0.2) is 46.9 Å². The zero-order valence-electron chi connectivity index (χ0n) is 16.1. The summed E-state index contributed by atoms with van der Waals surface area (Å²) in [6.07, 6.45) is 4.42. The Kier molecular flexibility index (Phi) is 9.23. The first kappa shape index (κ1) is 22.2. The zero-order valence-corrected chi connectivity index (χ0v) is 18.5. The van der Waals surface area contributed by atoms with Gasteiger partial charge in [-0.05, 0) is 49.0 Å². The highest BCUT2D eigenvalue weighted by atomic mass is 79.9. The van der Waals surface area contributed by atoms with Gasteiger partial charge in [0.25, 0.3) is 5.91 Å². The van der Waals surface area contributed by atoms with Gasteiger partial charge in [-0.3, -0.25) is 10.1 Å². The Bertz CT molecular complexity index is 814. The number of rotatable bonds is 9. The number of hydrogen-bond acceptors (Lipinski definition) is 4. The fourth-order valence-electron chi connectivity index (χ4n) is 2.59. The van der Waals surface area contributed by atoms with E-state index in [2.05, 4.69) is 33.5 Å². The number of amides is 1. The third-order valence-electron chi connectivity index (χ3n) is 4.02. The van der Waals surface area contributed by atoms with Gasteiger partial charge in [0.2, 0.25) is 0 Å². The second kappa shape index (κ2) is 11.7. The van der Waals surface area contributed by atoms with E-state index < -0.39 is 0 Å².